The highest BCUT2D eigenvalue weighted by atomic mass is 16.6. The van der Waals surface area contributed by atoms with Crippen molar-refractivity contribution >= 4 is 18.1 Å². The summed E-state index contributed by atoms with van der Waals surface area (Å²) >= 11 is 0. The van der Waals surface area contributed by atoms with Crippen molar-refractivity contribution in [3.8, 4) is 11.5 Å². The van der Waals surface area contributed by atoms with Gasteiger partial charge in [-0.05, 0) is 35.4 Å². The molecule has 122 valence electrons. The van der Waals surface area contributed by atoms with Gasteiger partial charge in [-0.1, -0.05) is 42.5 Å². The number of esters is 1. The third-order valence-electron chi connectivity index (χ3n) is 3.41. The van der Waals surface area contributed by atoms with Gasteiger partial charge in [0.05, 0.1) is 0 Å². The lowest BCUT2D eigenvalue weighted by atomic mass is 10.2. The lowest BCUT2D eigenvalue weighted by molar-refractivity contribution is -0.136. The number of rotatable bonds is 5. The highest BCUT2D eigenvalue weighted by molar-refractivity contribution is 5.87. The molecule has 24 heavy (non-hydrogen) atoms. The van der Waals surface area contributed by atoms with Crippen LogP contribution in [-0.4, -0.2) is 25.8 Å². The highest BCUT2D eigenvalue weighted by Crippen LogP contribution is 2.31. The van der Waals surface area contributed by atoms with E-state index in [2.05, 4.69) is 0 Å². The van der Waals surface area contributed by atoms with Gasteiger partial charge in [0, 0.05) is 6.08 Å². The Labute approximate surface area is 141 Å². The van der Waals surface area contributed by atoms with Crippen LogP contribution in [0.3, 0.4) is 0 Å². The normalized spacial score (nSPS) is 13.3. The number of carbonyl (C=O) groups is 1. The van der Waals surface area contributed by atoms with Gasteiger partial charge in [-0.2, -0.15) is 0 Å². The van der Waals surface area contributed by atoms with E-state index in [0.29, 0.717) is 19.0 Å². The molecule has 0 atom stereocenters. The summed E-state index contributed by atoms with van der Waals surface area (Å²) in [6.45, 7) is 1.33. The lowest BCUT2D eigenvalue weighted by Gasteiger charge is -2.18. The fourth-order valence-corrected chi connectivity index (χ4v) is 2.25. The molecule has 0 aromatic heterocycles. The van der Waals surface area contributed by atoms with E-state index in [9.17, 15) is 4.79 Å². The zero-order chi connectivity index (χ0) is 16.6. The summed E-state index contributed by atoms with van der Waals surface area (Å²) in [7, 11) is 0. The maximum Gasteiger partial charge on any atom is 0.331 e. The van der Waals surface area contributed by atoms with Crippen LogP contribution >= 0.6 is 0 Å². The third-order valence-corrected chi connectivity index (χ3v) is 3.41. The fraction of sp³-hybridized carbons (Fsp3) is 0.150. The standard InChI is InChI=1S/C20H18O4/c21-20(24-12-4-7-16-5-2-1-3-6-16)11-9-17-8-10-18-19(15-17)23-14-13-22-18/h1-11,15H,12-14H2/b7-4-,11-9+. The molecule has 0 N–H and O–H groups in total. The van der Waals surface area contributed by atoms with Gasteiger partial charge in [-0.25, -0.2) is 4.79 Å². The summed E-state index contributed by atoms with van der Waals surface area (Å²) in [4.78, 5) is 11.7. The van der Waals surface area contributed by atoms with E-state index in [1.807, 2.05) is 60.7 Å². The SMILES string of the molecule is O=C(/C=C/c1ccc2c(c1)OCCO2)OC/C=C\c1ccccc1. The molecular formula is C20H18O4. The van der Waals surface area contributed by atoms with Crippen LogP contribution in [0.4, 0.5) is 0 Å². The molecule has 0 bridgehead atoms. The molecule has 2 aromatic carbocycles. The van der Waals surface area contributed by atoms with Gasteiger partial charge in [0.15, 0.2) is 11.5 Å². The van der Waals surface area contributed by atoms with Crippen LogP contribution in [0.25, 0.3) is 12.2 Å². The fourth-order valence-electron chi connectivity index (χ4n) is 2.25. The van der Waals surface area contributed by atoms with Crippen LogP contribution in [0.5, 0.6) is 11.5 Å². The van der Waals surface area contributed by atoms with Crippen LogP contribution < -0.4 is 9.47 Å². The molecule has 0 spiro atoms. The molecule has 0 fully saturated rings. The molecule has 0 saturated heterocycles. The van der Waals surface area contributed by atoms with Gasteiger partial charge in [0.1, 0.15) is 19.8 Å². The van der Waals surface area contributed by atoms with Crippen molar-refractivity contribution in [1.82, 2.24) is 0 Å². The smallest absolute Gasteiger partial charge is 0.331 e. The maximum atomic E-state index is 11.7. The first kappa shape index (κ1) is 15.9. The van der Waals surface area contributed by atoms with Crippen LogP contribution in [-0.2, 0) is 9.53 Å². The Hall–Kier alpha value is -3.01. The summed E-state index contributed by atoms with van der Waals surface area (Å²) in [5.74, 6) is 1.04. The molecule has 1 aliphatic rings. The lowest BCUT2D eigenvalue weighted by Crippen LogP contribution is -2.15. The summed E-state index contributed by atoms with van der Waals surface area (Å²) in [6, 6.07) is 15.4. The number of benzene rings is 2. The van der Waals surface area contributed by atoms with Gasteiger partial charge >= 0.3 is 5.97 Å². The second-order valence-electron chi connectivity index (χ2n) is 5.18. The second kappa shape index (κ2) is 8.02. The summed E-state index contributed by atoms with van der Waals surface area (Å²) in [6.07, 6.45) is 6.83. The van der Waals surface area contributed by atoms with Crippen molar-refractivity contribution in [2.45, 2.75) is 0 Å². The van der Waals surface area contributed by atoms with Crippen molar-refractivity contribution in [2.24, 2.45) is 0 Å². The average molecular weight is 322 g/mol. The molecule has 3 rings (SSSR count). The first-order chi connectivity index (χ1) is 11.8. The maximum absolute atomic E-state index is 11.7. The Bertz CT molecular complexity index is 747. The number of hydrogen-bond acceptors (Lipinski definition) is 4. The van der Waals surface area contributed by atoms with Crippen molar-refractivity contribution in [3.63, 3.8) is 0 Å². The minimum absolute atomic E-state index is 0.235. The Morgan fingerprint density at radius 1 is 0.958 bits per heavy atom. The second-order valence-corrected chi connectivity index (χ2v) is 5.18. The number of hydrogen-bond donors (Lipinski definition) is 0. The van der Waals surface area contributed by atoms with Crippen molar-refractivity contribution in [3.05, 3.63) is 71.8 Å². The van der Waals surface area contributed by atoms with E-state index in [1.54, 1.807) is 6.08 Å². The number of fused-ring (bicyclic) bond motifs is 1. The summed E-state index contributed by atoms with van der Waals surface area (Å²) < 4.78 is 16.1. The van der Waals surface area contributed by atoms with E-state index in [1.165, 1.54) is 6.08 Å². The van der Waals surface area contributed by atoms with Crippen LogP contribution in [0, 0.1) is 0 Å². The molecule has 2 aromatic rings. The molecule has 0 unspecified atom stereocenters. The highest BCUT2D eigenvalue weighted by Gasteiger charge is 2.10. The minimum atomic E-state index is -0.386. The monoisotopic (exact) mass is 322 g/mol. The minimum Gasteiger partial charge on any atom is -0.486 e. The van der Waals surface area contributed by atoms with E-state index < -0.39 is 0 Å². The predicted molar refractivity (Wildman–Crippen MR) is 92.9 cm³/mol. The molecular weight excluding hydrogens is 304 g/mol. The molecule has 0 aliphatic carbocycles. The van der Waals surface area contributed by atoms with Crippen LogP contribution in [0.1, 0.15) is 11.1 Å². The summed E-state index contributed by atoms with van der Waals surface area (Å²) in [5.41, 5.74) is 1.93. The first-order valence-corrected chi connectivity index (χ1v) is 7.77. The van der Waals surface area contributed by atoms with Gasteiger partial charge in [0.25, 0.3) is 0 Å². The largest absolute Gasteiger partial charge is 0.486 e. The molecule has 4 heteroatoms. The first-order valence-electron chi connectivity index (χ1n) is 7.77. The van der Waals surface area contributed by atoms with Gasteiger partial charge in [-0.15, -0.1) is 0 Å². The number of ether oxygens (including phenoxy) is 3. The zero-order valence-corrected chi connectivity index (χ0v) is 13.2. The van der Waals surface area contributed by atoms with Crippen LogP contribution in [0.2, 0.25) is 0 Å². The summed E-state index contributed by atoms with van der Waals surface area (Å²) in [5, 5.41) is 0. The van der Waals surface area contributed by atoms with Gasteiger partial charge in [-0.3, -0.25) is 0 Å². The molecule has 0 saturated carbocycles. The average Bonchev–Trinajstić information content (AvgIpc) is 2.64. The van der Waals surface area contributed by atoms with Crippen molar-refractivity contribution < 1.29 is 19.0 Å². The Kier molecular flexibility index (Phi) is 5.30. The molecule has 0 amide bonds. The predicted octanol–water partition coefficient (Wildman–Crippen LogP) is 3.73. The number of carbonyl (C=O) groups excluding carboxylic acids is 1. The zero-order valence-electron chi connectivity index (χ0n) is 13.2. The van der Waals surface area contributed by atoms with E-state index in [-0.39, 0.29) is 12.6 Å². The van der Waals surface area contributed by atoms with Crippen molar-refractivity contribution in [2.75, 3.05) is 19.8 Å². The molecule has 1 heterocycles. The molecule has 1 aliphatic heterocycles. The Morgan fingerprint density at radius 2 is 1.75 bits per heavy atom. The Morgan fingerprint density at radius 3 is 2.58 bits per heavy atom. The molecule has 0 radical (unpaired) electrons. The molecule has 4 nitrogen and oxygen atoms in total. The quantitative estimate of drug-likeness (QED) is 0.621. The topological polar surface area (TPSA) is 44.8 Å². The van der Waals surface area contributed by atoms with E-state index >= 15 is 0 Å². The van der Waals surface area contributed by atoms with E-state index in [4.69, 9.17) is 14.2 Å². The third kappa shape index (κ3) is 4.49. The van der Waals surface area contributed by atoms with Crippen LogP contribution in [0.15, 0.2) is 60.7 Å². The Balaban J connectivity index is 1.49. The van der Waals surface area contributed by atoms with E-state index in [0.717, 1.165) is 16.9 Å². The van der Waals surface area contributed by atoms with Crippen molar-refractivity contribution in [1.29, 1.82) is 0 Å². The van der Waals surface area contributed by atoms with Gasteiger partial charge in [0.2, 0.25) is 0 Å². The van der Waals surface area contributed by atoms with Gasteiger partial charge < -0.3 is 14.2 Å².